The molecule has 1 aliphatic rings. The molecule has 0 radical (unpaired) electrons. The van der Waals surface area contributed by atoms with Crippen molar-refractivity contribution >= 4 is 28.9 Å². The molecule has 0 bridgehead atoms. The van der Waals surface area contributed by atoms with E-state index >= 15 is 0 Å². The highest BCUT2D eigenvalue weighted by Crippen LogP contribution is 2.20. The molecule has 21 heavy (non-hydrogen) atoms. The van der Waals surface area contributed by atoms with Crippen LogP contribution < -0.4 is 5.32 Å². The van der Waals surface area contributed by atoms with Crippen molar-refractivity contribution in [2.24, 2.45) is 5.10 Å². The molecule has 0 saturated carbocycles. The molecule has 0 saturated heterocycles. The van der Waals surface area contributed by atoms with Crippen molar-refractivity contribution in [2.45, 2.75) is 18.9 Å². The van der Waals surface area contributed by atoms with E-state index in [-0.39, 0.29) is 17.9 Å². The van der Waals surface area contributed by atoms with Crippen LogP contribution in [0, 0.1) is 0 Å². The van der Waals surface area contributed by atoms with Crippen LogP contribution in [0.15, 0.2) is 21.9 Å². The van der Waals surface area contributed by atoms with E-state index < -0.39 is 0 Å². The van der Waals surface area contributed by atoms with E-state index in [1.54, 1.807) is 18.4 Å². The Balaban J connectivity index is 1.97. The van der Waals surface area contributed by atoms with Gasteiger partial charge in [0.05, 0.1) is 6.04 Å². The van der Waals surface area contributed by atoms with Crippen LogP contribution in [0.4, 0.5) is 0 Å². The smallest absolute Gasteiger partial charge is 0.267 e. The van der Waals surface area contributed by atoms with Gasteiger partial charge in [-0.2, -0.15) is 16.4 Å². The van der Waals surface area contributed by atoms with Crippen molar-refractivity contribution in [3.63, 3.8) is 0 Å². The normalized spacial score (nSPS) is 16.9. The molecule has 1 N–H and O–H groups in total. The maximum atomic E-state index is 12.2. The van der Waals surface area contributed by atoms with Gasteiger partial charge in [-0.25, -0.2) is 5.01 Å². The van der Waals surface area contributed by atoms with E-state index in [1.165, 1.54) is 10.6 Å². The summed E-state index contributed by atoms with van der Waals surface area (Å²) in [5, 5.41) is 12.3. The average Bonchev–Trinajstić information content (AvgIpc) is 2.95. The lowest BCUT2D eigenvalue weighted by molar-refractivity contribution is -0.130. The minimum atomic E-state index is -0.198. The zero-order chi connectivity index (χ0) is 15.4. The van der Waals surface area contributed by atoms with Crippen molar-refractivity contribution < 1.29 is 9.59 Å². The van der Waals surface area contributed by atoms with Gasteiger partial charge in [-0.15, -0.1) is 0 Å². The molecule has 6 nitrogen and oxygen atoms in total. The van der Waals surface area contributed by atoms with E-state index in [0.717, 1.165) is 0 Å². The van der Waals surface area contributed by atoms with Gasteiger partial charge >= 0.3 is 0 Å². The molecule has 0 spiro atoms. The number of hydrazone groups is 1. The first-order valence-corrected chi connectivity index (χ1v) is 7.74. The van der Waals surface area contributed by atoms with Crippen LogP contribution in [0.1, 0.15) is 24.4 Å². The number of nitrogens with one attached hydrogen (secondary N) is 1. The van der Waals surface area contributed by atoms with Gasteiger partial charge in [0.2, 0.25) is 5.91 Å². The Hall–Kier alpha value is -1.73. The predicted octanol–water partition coefficient (Wildman–Crippen LogP) is 1.08. The molecule has 0 unspecified atom stereocenters. The number of hydrogen-bond acceptors (Lipinski definition) is 5. The Kier molecular flexibility index (Phi) is 5.08. The standard InChI is InChI=1S/C14H20N4O2S/c1-17(2)12(10-6-7-21-9-10)8-15-14(20)11-4-5-13(19)18(3)16-11/h6-7,9,12H,4-5,8H2,1-3H3,(H,15,20)/t12-/m1/s1. The van der Waals surface area contributed by atoms with E-state index in [9.17, 15) is 9.59 Å². The second-order valence-electron chi connectivity index (χ2n) is 5.21. The molecular weight excluding hydrogens is 288 g/mol. The highest BCUT2D eigenvalue weighted by molar-refractivity contribution is 7.07. The molecule has 2 amide bonds. The third kappa shape index (κ3) is 3.89. The number of amides is 2. The summed E-state index contributed by atoms with van der Waals surface area (Å²) in [6, 6.07) is 2.19. The van der Waals surface area contributed by atoms with Gasteiger partial charge < -0.3 is 10.2 Å². The number of rotatable bonds is 5. The number of carbonyl (C=O) groups excluding carboxylic acids is 2. The molecule has 7 heteroatoms. The van der Waals surface area contributed by atoms with Crippen molar-refractivity contribution in [1.82, 2.24) is 15.2 Å². The molecule has 0 fully saturated rings. The van der Waals surface area contributed by atoms with Crippen molar-refractivity contribution in [3.05, 3.63) is 22.4 Å². The van der Waals surface area contributed by atoms with Gasteiger partial charge in [-0.3, -0.25) is 9.59 Å². The van der Waals surface area contributed by atoms with Gasteiger partial charge in [0, 0.05) is 26.4 Å². The fourth-order valence-electron chi connectivity index (χ4n) is 2.19. The van der Waals surface area contributed by atoms with Crippen molar-refractivity contribution in [3.8, 4) is 0 Å². The number of nitrogens with zero attached hydrogens (tertiary/aromatic N) is 3. The van der Waals surface area contributed by atoms with Gasteiger partial charge in [0.1, 0.15) is 5.71 Å². The minimum absolute atomic E-state index is 0.0593. The first-order valence-electron chi connectivity index (χ1n) is 6.79. The van der Waals surface area contributed by atoms with Crippen LogP contribution in [0.25, 0.3) is 0 Å². The molecule has 1 aromatic rings. The summed E-state index contributed by atoms with van der Waals surface area (Å²) in [4.78, 5) is 25.6. The van der Waals surface area contributed by atoms with E-state index in [2.05, 4.69) is 26.8 Å². The summed E-state index contributed by atoms with van der Waals surface area (Å²) in [6.07, 6.45) is 0.741. The minimum Gasteiger partial charge on any atom is -0.349 e. The Labute approximate surface area is 128 Å². The van der Waals surface area contributed by atoms with Crippen molar-refractivity contribution in [1.29, 1.82) is 0 Å². The van der Waals surface area contributed by atoms with Gasteiger partial charge in [-0.05, 0) is 36.5 Å². The fraction of sp³-hybridized carbons (Fsp3) is 0.500. The first kappa shape index (κ1) is 15.7. The van der Waals surface area contributed by atoms with Crippen LogP contribution in [0.5, 0.6) is 0 Å². The molecule has 2 heterocycles. The maximum absolute atomic E-state index is 12.2. The largest absolute Gasteiger partial charge is 0.349 e. The third-order valence-corrected chi connectivity index (χ3v) is 4.18. The summed E-state index contributed by atoms with van der Waals surface area (Å²) in [7, 11) is 5.54. The van der Waals surface area contributed by atoms with Gasteiger partial charge in [-0.1, -0.05) is 0 Å². The fourth-order valence-corrected chi connectivity index (χ4v) is 2.89. The van der Waals surface area contributed by atoms with Crippen LogP contribution in [0.3, 0.4) is 0 Å². The monoisotopic (exact) mass is 308 g/mol. The van der Waals surface area contributed by atoms with Crippen LogP contribution in [-0.2, 0) is 9.59 Å². The lowest BCUT2D eigenvalue weighted by Crippen LogP contribution is -2.41. The van der Waals surface area contributed by atoms with Crippen LogP contribution in [0.2, 0.25) is 0 Å². The highest BCUT2D eigenvalue weighted by atomic mass is 32.1. The predicted molar refractivity (Wildman–Crippen MR) is 83.2 cm³/mol. The quantitative estimate of drug-likeness (QED) is 0.885. The summed E-state index contributed by atoms with van der Waals surface area (Å²) < 4.78 is 0. The lowest BCUT2D eigenvalue weighted by Gasteiger charge is -2.25. The second-order valence-corrected chi connectivity index (χ2v) is 5.99. The highest BCUT2D eigenvalue weighted by Gasteiger charge is 2.23. The molecule has 1 aliphatic heterocycles. The molecule has 1 atom stereocenters. The number of likely N-dealkylation sites (N-methyl/N-ethyl adjacent to an activating group) is 1. The van der Waals surface area contributed by atoms with Crippen LogP contribution >= 0.6 is 11.3 Å². The van der Waals surface area contributed by atoms with E-state index in [0.29, 0.717) is 25.1 Å². The third-order valence-electron chi connectivity index (χ3n) is 3.48. The first-order chi connectivity index (χ1) is 9.99. The Morgan fingerprint density at radius 3 is 2.86 bits per heavy atom. The Bertz CT molecular complexity index is 539. The van der Waals surface area contributed by atoms with Gasteiger partial charge in [0.15, 0.2) is 0 Å². The molecule has 114 valence electrons. The number of carbonyl (C=O) groups is 2. The van der Waals surface area contributed by atoms with E-state index in [4.69, 9.17) is 0 Å². The van der Waals surface area contributed by atoms with Crippen LogP contribution in [-0.4, -0.2) is 55.1 Å². The van der Waals surface area contributed by atoms with E-state index in [1.807, 2.05) is 19.5 Å². The maximum Gasteiger partial charge on any atom is 0.267 e. The summed E-state index contributed by atoms with van der Waals surface area (Å²) in [5.74, 6) is -0.257. The molecule has 0 aliphatic carbocycles. The summed E-state index contributed by atoms with van der Waals surface area (Å²) in [5.41, 5.74) is 1.60. The van der Waals surface area contributed by atoms with Crippen molar-refractivity contribution in [2.75, 3.05) is 27.7 Å². The number of hydrogen-bond donors (Lipinski definition) is 1. The topological polar surface area (TPSA) is 65.0 Å². The zero-order valence-corrected chi connectivity index (χ0v) is 13.3. The lowest BCUT2D eigenvalue weighted by atomic mass is 10.1. The molecule has 1 aromatic heterocycles. The SMILES string of the molecule is CN1N=C(C(=O)NC[C@H](c2ccsc2)N(C)C)CCC1=O. The zero-order valence-electron chi connectivity index (χ0n) is 12.5. The average molecular weight is 308 g/mol. The van der Waals surface area contributed by atoms with Gasteiger partial charge in [0.25, 0.3) is 5.91 Å². The number of thiophene rings is 1. The molecule has 0 aromatic carbocycles. The Morgan fingerprint density at radius 1 is 1.52 bits per heavy atom. The summed E-state index contributed by atoms with van der Waals surface area (Å²) in [6.45, 7) is 0.513. The Morgan fingerprint density at radius 2 is 2.29 bits per heavy atom. The second kappa shape index (κ2) is 6.82. The molecular formula is C14H20N4O2S. The summed E-state index contributed by atoms with van der Waals surface area (Å²) >= 11 is 1.64. The molecule has 2 rings (SSSR count).